The van der Waals surface area contributed by atoms with Gasteiger partial charge in [-0.05, 0) is 48.9 Å². The summed E-state index contributed by atoms with van der Waals surface area (Å²) in [6.07, 6.45) is 0. The fraction of sp³-hybridized carbons (Fsp3) is 0.220. The number of esters is 2. The number of hydroxylamine groups is 4. The molecule has 0 aliphatic carbocycles. The maximum atomic E-state index is 14.3. The Hall–Kier alpha value is -5.91. The summed E-state index contributed by atoms with van der Waals surface area (Å²) < 4.78 is 123. The molecule has 2 N–H and O–H groups in total. The van der Waals surface area contributed by atoms with E-state index in [4.69, 9.17) is 23.2 Å². The van der Waals surface area contributed by atoms with E-state index in [0.717, 1.165) is 5.39 Å². The van der Waals surface area contributed by atoms with Gasteiger partial charge in [0, 0.05) is 33.0 Å². The predicted octanol–water partition coefficient (Wildman–Crippen LogP) is 2.00. The van der Waals surface area contributed by atoms with Gasteiger partial charge in [0.25, 0.3) is 23.6 Å². The van der Waals surface area contributed by atoms with Gasteiger partial charge in [-0.3, -0.25) is 28.8 Å². The molecule has 6 amide bonds. The monoisotopic (exact) mass is 1090 g/mol. The molecule has 6 rings (SSSR count). The molecule has 20 nitrogen and oxygen atoms in total. The van der Waals surface area contributed by atoms with Crippen LogP contribution in [-0.4, -0.2) is 116 Å². The van der Waals surface area contributed by atoms with Crippen molar-refractivity contribution in [2.45, 2.75) is 24.4 Å². The van der Waals surface area contributed by atoms with E-state index in [2.05, 4.69) is 26.9 Å². The number of alkyl halides is 6. The summed E-state index contributed by atoms with van der Waals surface area (Å²) in [6, 6.07) is 18.8. The molecule has 0 radical (unpaired) electrons. The molecule has 376 valence electrons. The van der Waals surface area contributed by atoms with E-state index in [-0.39, 0.29) is 72.7 Å². The molecule has 2 aliphatic rings. The van der Waals surface area contributed by atoms with Gasteiger partial charge in [0.1, 0.15) is 13.2 Å². The molecule has 0 spiro atoms. The SMILES string of the molecule is C=C(C)C(=O)OCCNC(=O)C(F)(F)S(=O)(=O)F.C=C(C)C(=O)OCCNC(=O)C(F)(F)S(=O)(=O)ON1C(=O)c2cccc3cccc(c23)C1=O.ClCCl.O=C1c2cccc3cccc(c23)C(=O)N1[O-].[Na+]. The Balaban J connectivity index is 0.000000384. The largest absolute Gasteiger partial charge is 1.00 e. The number of benzene rings is 4. The first-order valence-electron chi connectivity index (χ1n) is 19.0. The van der Waals surface area contributed by atoms with Crippen LogP contribution < -0.4 is 40.2 Å². The summed E-state index contributed by atoms with van der Waals surface area (Å²) in [4.78, 5) is 92.9. The van der Waals surface area contributed by atoms with Crippen LogP contribution >= 0.6 is 23.2 Å². The van der Waals surface area contributed by atoms with Crippen LogP contribution in [0.4, 0.5) is 21.4 Å². The third-order valence-electron chi connectivity index (χ3n) is 8.73. The first kappa shape index (κ1) is 61.2. The van der Waals surface area contributed by atoms with Crippen LogP contribution in [-0.2, 0) is 53.3 Å². The molecule has 0 unspecified atom stereocenters. The number of ether oxygens (including phenoxy) is 2. The van der Waals surface area contributed by atoms with Crippen molar-refractivity contribution in [1.82, 2.24) is 20.8 Å². The number of carbonyl (C=O) groups excluding carboxylic acids is 8. The molecule has 0 bridgehead atoms. The van der Waals surface area contributed by atoms with Crippen LogP contribution in [0.3, 0.4) is 0 Å². The summed E-state index contributed by atoms with van der Waals surface area (Å²) >= 11 is 9.53. The van der Waals surface area contributed by atoms with E-state index in [9.17, 15) is 81.8 Å². The van der Waals surface area contributed by atoms with Gasteiger partial charge in [-0.1, -0.05) is 65.6 Å². The van der Waals surface area contributed by atoms with Gasteiger partial charge in [0.2, 0.25) is 0 Å². The predicted molar refractivity (Wildman–Crippen MR) is 236 cm³/mol. The fourth-order valence-electron chi connectivity index (χ4n) is 5.52. The fourth-order valence-corrected chi connectivity index (χ4v) is 6.54. The van der Waals surface area contributed by atoms with Crippen molar-refractivity contribution >= 4 is 112 Å². The minimum Gasteiger partial charge on any atom is -0.749 e. The first-order chi connectivity index (χ1) is 32.5. The van der Waals surface area contributed by atoms with Crippen molar-refractivity contribution < 1.29 is 120 Å². The number of hydrogen-bond donors (Lipinski definition) is 2. The molecular weight excluding hydrogens is 1060 g/mol. The summed E-state index contributed by atoms with van der Waals surface area (Å²) in [5, 5.41) is 5.81. The Morgan fingerprint density at radius 3 is 1.25 bits per heavy atom. The number of hydrogen-bond acceptors (Lipinski definition) is 16. The number of carbonyl (C=O) groups is 8. The minimum absolute atomic E-state index is 0. The third-order valence-corrected chi connectivity index (χ3v) is 10.7. The molecule has 30 heteroatoms. The average molecular weight is 1090 g/mol. The van der Waals surface area contributed by atoms with E-state index in [1.807, 2.05) is 12.1 Å². The van der Waals surface area contributed by atoms with Crippen molar-refractivity contribution in [3.8, 4) is 0 Å². The maximum absolute atomic E-state index is 14.3. The van der Waals surface area contributed by atoms with Gasteiger partial charge >= 0.3 is 84.2 Å². The number of amides is 6. The van der Waals surface area contributed by atoms with Crippen LogP contribution in [0.1, 0.15) is 55.3 Å². The number of rotatable bonds is 14. The average Bonchev–Trinajstić information content (AvgIpc) is 3.30. The second kappa shape index (κ2) is 25.5. The standard InChI is InChI=1S/C20H16F2N2O8S.C12H6NO3.C8H10F3NO5S.CH2Cl2.Na/c1-11(2)18(27)31-10-9-23-19(28)20(21,22)33(29,30)32-24-16(25)13-7-3-5-12-6-4-8-14(15(12)13)17(24)26;14-11-8-5-1-3-7-4-2-6-9(10(7)8)12(15)13(11)16;1-5(2)6(13)17-4-3-12-7(14)8(9,10)18(11,15)16;2-1-3;/h3-8H,1,9-10H2,2H3,(H,23,28);1-6H;1,3-4H2,2H3,(H,12,14);1H2;/q;-1;;;+1. The maximum Gasteiger partial charge on any atom is 1.00 e. The van der Waals surface area contributed by atoms with Gasteiger partial charge in [0.05, 0.1) is 29.6 Å². The van der Waals surface area contributed by atoms with Crippen molar-refractivity contribution in [1.29, 1.82) is 0 Å². The van der Waals surface area contributed by atoms with Gasteiger partial charge in [0.15, 0.2) is 0 Å². The molecule has 0 atom stereocenters. The molecule has 71 heavy (non-hydrogen) atoms. The number of nitrogens with zero attached hydrogens (tertiary/aromatic N) is 2. The molecular formula is C41H34Cl2F5N4NaO16S2. The molecule has 0 saturated heterocycles. The second-order valence-corrected chi connectivity index (χ2v) is 17.4. The Morgan fingerprint density at radius 2 is 0.944 bits per heavy atom. The summed E-state index contributed by atoms with van der Waals surface area (Å²) in [6.45, 7) is 6.92. The molecule has 0 aromatic heterocycles. The van der Waals surface area contributed by atoms with Crippen LogP contribution in [0, 0.1) is 5.21 Å². The van der Waals surface area contributed by atoms with Crippen molar-refractivity contribution in [3.63, 3.8) is 0 Å². The minimum atomic E-state index is -6.34. The first-order valence-corrected chi connectivity index (χ1v) is 22.8. The smallest absolute Gasteiger partial charge is 0.749 e. The van der Waals surface area contributed by atoms with Crippen molar-refractivity contribution in [2.75, 3.05) is 31.6 Å². The van der Waals surface area contributed by atoms with Crippen molar-refractivity contribution in [3.05, 3.63) is 125 Å². The zero-order chi connectivity index (χ0) is 53.1. The molecule has 4 aromatic rings. The zero-order valence-corrected chi connectivity index (χ0v) is 41.9. The van der Waals surface area contributed by atoms with Gasteiger partial charge in [-0.2, -0.15) is 34.4 Å². The summed E-state index contributed by atoms with van der Waals surface area (Å²) in [5.41, 5.74) is 0.370. The van der Waals surface area contributed by atoms with E-state index in [1.54, 1.807) is 41.7 Å². The summed E-state index contributed by atoms with van der Waals surface area (Å²) in [7, 11) is -12.5. The molecule has 4 aromatic carbocycles. The molecule has 2 aliphatic heterocycles. The van der Waals surface area contributed by atoms with Crippen LogP contribution in [0.5, 0.6) is 0 Å². The Labute approximate surface area is 431 Å². The Bertz CT molecular complexity index is 2940. The number of nitrogens with one attached hydrogen (secondary N) is 2. The molecule has 0 saturated carbocycles. The number of halogens is 7. The molecule has 2 heterocycles. The Kier molecular flexibility index (Phi) is 22.0. The van der Waals surface area contributed by atoms with Gasteiger partial charge in [-0.25, -0.2) is 9.59 Å². The van der Waals surface area contributed by atoms with Crippen LogP contribution in [0.25, 0.3) is 21.5 Å². The Morgan fingerprint density at radius 1 is 0.634 bits per heavy atom. The van der Waals surface area contributed by atoms with E-state index in [1.165, 1.54) is 43.4 Å². The quantitative estimate of drug-likeness (QED) is 0.0267. The van der Waals surface area contributed by atoms with E-state index < -0.39 is 105 Å². The zero-order valence-electron chi connectivity index (χ0n) is 36.8. The van der Waals surface area contributed by atoms with Crippen molar-refractivity contribution in [2.24, 2.45) is 0 Å². The van der Waals surface area contributed by atoms with Gasteiger partial charge in [-0.15, -0.1) is 32.5 Å². The number of imide groups is 2. The van der Waals surface area contributed by atoms with E-state index >= 15 is 0 Å². The van der Waals surface area contributed by atoms with Crippen LogP contribution in [0.2, 0.25) is 0 Å². The normalized spacial score (nSPS) is 12.9. The molecule has 0 fully saturated rings. The van der Waals surface area contributed by atoms with Gasteiger partial charge < -0.3 is 30.4 Å². The topological polar surface area (TPSA) is 286 Å². The third kappa shape index (κ3) is 14.4. The van der Waals surface area contributed by atoms with E-state index in [0.29, 0.717) is 21.9 Å². The second-order valence-electron chi connectivity index (χ2n) is 13.7. The summed E-state index contributed by atoms with van der Waals surface area (Å²) in [5.74, 6) is -10.5. The van der Waals surface area contributed by atoms with Crippen LogP contribution in [0.15, 0.2) is 97.1 Å².